The van der Waals surface area contributed by atoms with Gasteiger partial charge in [0.2, 0.25) is 15.9 Å². The first-order valence-electron chi connectivity index (χ1n) is 8.31. The van der Waals surface area contributed by atoms with Crippen molar-refractivity contribution in [1.82, 2.24) is 9.71 Å². The van der Waals surface area contributed by atoms with Crippen LogP contribution in [0.2, 0.25) is 0 Å². The molecule has 140 valence electrons. The summed E-state index contributed by atoms with van der Waals surface area (Å²) in [6, 6.07) is 16.2. The van der Waals surface area contributed by atoms with E-state index in [1.807, 2.05) is 42.6 Å². The van der Waals surface area contributed by atoms with Crippen LogP contribution in [0.1, 0.15) is 12.0 Å². The lowest BCUT2D eigenvalue weighted by atomic mass is 10.2. The summed E-state index contributed by atoms with van der Waals surface area (Å²) in [5.74, 6) is -0.296. The van der Waals surface area contributed by atoms with Gasteiger partial charge in [-0.15, -0.1) is 11.3 Å². The zero-order chi connectivity index (χ0) is 19.3. The Balaban J connectivity index is 1.51. The molecule has 0 bridgehead atoms. The van der Waals surface area contributed by atoms with Gasteiger partial charge in [0.25, 0.3) is 0 Å². The molecule has 1 amide bonds. The molecule has 6 nitrogen and oxygen atoms in total. The lowest BCUT2D eigenvalue weighted by Gasteiger charge is -2.07. The summed E-state index contributed by atoms with van der Waals surface area (Å²) in [7, 11) is -3.62. The molecule has 8 heteroatoms. The average molecular weight is 402 g/mol. The zero-order valence-corrected chi connectivity index (χ0v) is 16.3. The second-order valence-corrected chi connectivity index (χ2v) is 8.54. The summed E-state index contributed by atoms with van der Waals surface area (Å²) in [4.78, 5) is 16.6. The van der Waals surface area contributed by atoms with E-state index < -0.39 is 10.0 Å². The molecular weight excluding hydrogens is 382 g/mol. The van der Waals surface area contributed by atoms with E-state index in [2.05, 4.69) is 15.0 Å². The van der Waals surface area contributed by atoms with Gasteiger partial charge in [-0.2, -0.15) is 0 Å². The highest BCUT2D eigenvalue weighted by Gasteiger charge is 2.14. The third-order valence-corrected chi connectivity index (χ3v) is 6.03. The van der Waals surface area contributed by atoms with Crippen molar-refractivity contribution >= 4 is 32.4 Å². The minimum atomic E-state index is -3.62. The molecule has 0 radical (unpaired) electrons. The number of thiazole rings is 1. The Bertz CT molecular complexity index is 1010. The van der Waals surface area contributed by atoms with Crippen LogP contribution in [0.15, 0.2) is 64.9 Å². The fourth-order valence-electron chi connectivity index (χ4n) is 2.35. The SMILES string of the molecule is Cc1ccc(S(=O)(=O)NCCC(=O)Nc2nc(-c3ccccc3)cs2)cc1. The smallest absolute Gasteiger partial charge is 0.240 e. The zero-order valence-electron chi connectivity index (χ0n) is 14.7. The molecule has 0 aliphatic heterocycles. The lowest BCUT2D eigenvalue weighted by Crippen LogP contribution is -2.27. The Hall–Kier alpha value is -2.55. The number of benzene rings is 2. The number of aromatic nitrogens is 1. The maximum absolute atomic E-state index is 12.2. The number of carbonyl (C=O) groups excluding carboxylic acids is 1. The molecule has 1 aromatic heterocycles. The Morgan fingerprint density at radius 2 is 1.78 bits per heavy atom. The summed E-state index contributed by atoms with van der Waals surface area (Å²) >= 11 is 1.33. The van der Waals surface area contributed by atoms with Gasteiger partial charge in [-0.3, -0.25) is 4.79 Å². The minimum absolute atomic E-state index is 0.0129. The molecule has 3 aromatic rings. The van der Waals surface area contributed by atoms with E-state index in [1.54, 1.807) is 24.3 Å². The standard InChI is InChI=1S/C19H19N3O3S2/c1-14-7-9-16(10-8-14)27(24,25)20-12-11-18(23)22-19-21-17(13-26-19)15-5-3-2-4-6-15/h2-10,13,20H,11-12H2,1H3,(H,21,22,23). The molecule has 0 atom stereocenters. The average Bonchev–Trinajstić information content (AvgIpc) is 3.11. The summed E-state index contributed by atoms with van der Waals surface area (Å²) in [5, 5.41) is 5.05. The number of nitrogens with one attached hydrogen (secondary N) is 2. The number of nitrogens with zero attached hydrogens (tertiary/aromatic N) is 1. The van der Waals surface area contributed by atoms with Gasteiger partial charge in [-0.25, -0.2) is 18.1 Å². The molecule has 0 saturated heterocycles. The largest absolute Gasteiger partial charge is 0.302 e. The van der Waals surface area contributed by atoms with Gasteiger partial charge < -0.3 is 5.32 Å². The van der Waals surface area contributed by atoms with Crippen LogP contribution in [-0.2, 0) is 14.8 Å². The third-order valence-electron chi connectivity index (χ3n) is 3.80. The van der Waals surface area contributed by atoms with Gasteiger partial charge in [0.15, 0.2) is 5.13 Å². The number of aryl methyl sites for hydroxylation is 1. The van der Waals surface area contributed by atoms with Crippen LogP contribution in [-0.4, -0.2) is 25.9 Å². The number of hydrogen-bond donors (Lipinski definition) is 2. The number of hydrogen-bond acceptors (Lipinski definition) is 5. The first-order chi connectivity index (χ1) is 12.9. The molecular formula is C19H19N3O3S2. The number of amides is 1. The van der Waals surface area contributed by atoms with Crippen LogP contribution < -0.4 is 10.0 Å². The molecule has 27 heavy (non-hydrogen) atoms. The normalized spacial score (nSPS) is 11.3. The number of anilines is 1. The van der Waals surface area contributed by atoms with Crippen molar-refractivity contribution in [2.45, 2.75) is 18.2 Å². The molecule has 0 unspecified atom stereocenters. The number of sulfonamides is 1. The van der Waals surface area contributed by atoms with Gasteiger partial charge in [0.1, 0.15) is 0 Å². The monoisotopic (exact) mass is 401 g/mol. The minimum Gasteiger partial charge on any atom is -0.302 e. The van der Waals surface area contributed by atoms with Gasteiger partial charge in [0, 0.05) is 23.9 Å². The fourth-order valence-corrected chi connectivity index (χ4v) is 4.12. The first kappa shape index (κ1) is 19.2. The molecule has 2 N–H and O–H groups in total. The Labute approximate surface area is 162 Å². The Morgan fingerprint density at radius 1 is 1.07 bits per heavy atom. The van der Waals surface area contributed by atoms with E-state index in [9.17, 15) is 13.2 Å². The second kappa shape index (κ2) is 8.43. The summed E-state index contributed by atoms with van der Waals surface area (Å²) in [6.07, 6.45) is 0.0192. The summed E-state index contributed by atoms with van der Waals surface area (Å²) in [5.41, 5.74) is 2.74. The predicted molar refractivity (Wildman–Crippen MR) is 107 cm³/mol. The maximum atomic E-state index is 12.2. The van der Waals surface area contributed by atoms with Crippen LogP contribution in [0, 0.1) is 6.92 Å². The van der Waals surface area contributed by atoms with Gasteiger partial charge in [-0.1, -0.05) is 48.0 Å². The van der Waals surface area contributed by atoms with E-state index in [0.717, 1.165) is 16.8 Å². The van der Waals surface area contributed by atoms with E-state index in [-0.39, 0.29) is 23.8 Å². The van der Waals surface area contributed by atoms with E-state index in [0.29, 0.717) is 5.13 Å². The molecule has 3 rings (SSSR count). The van der Waals surface area contributed by atoms with Gasteiger partial charge >= 0.3 is 0 Å². The van der Waals surface area contributed by atoms with Gasteiger partial charge in [0.05, 0.1) is 10.6 Å². The Kier molecular flexibility index (Phi) is 6.00. The topological polar surface area (TPSA) is 88.2 Å². The highest BCUT2D eigenvalue weighted by molar-refractivity contribution is 7.89. The van der Waals surface area contributed by atoms with E-state index in [1.165, 1.54) is 11.3 Å². The van der Waals surface area contributed by atoms with Crippen molar-refractivity contribution in [3.63, 3.8) is 0 Å². The molecule has 0 aliphatic carbocycles. The molecule has 0 saturated carbocycles. The summed E-state index contributed by atoms with van der Waals surface area (Å²) in [6.45, 7) is 1.90. The van der Waals surface area contributed by atoms with E-state index in [4.69, 9.17) is 0 Å². The van der Waals surface area contributed by atoms with Crippen molar-refractivity contribution in [3.05, 3.63) is 65.5 Å². The highest BCUT2D eigenvalue weighted by Crippen LogP contribution is 2.24. The molecule has 0 aliphatic rings. The van der Waals surface area contributed by atoms with Crippen LogP contribution >= 0.6 is 11.3 Å². The third kappa shape index (κ3) is 5.22. The van der Waals surface area contributed by atoms with Crippen molar-refractivity contribution in [3.8, 4) is 11.3 Å². The molecule has 2 aromatic carbocycles. The van der Waals surface area contributed by atoms with Crippen LogP contribution in [0.25, 0.3) is 11.3 Å². The second-order valence-electron chi connectivity index (χ2n) is 5.91. The summed E-state index contributed by atoms with van der Waals surface area (Å²) < 4.78 is 26.8. The lowest BCUT2D eigenvalue weighted by molar-refractivity contribution is -0.116. The number of rotatable bonds is 7. The molecule has 0 spiro atoms. The first-order valence-corrected chi connectivity index (χ1v) is 10.7. The predicted octanol–water partition coefficient (Wildman–Crippen LogP) is 3.43. The van der Waals surface area contributed by atoms with Crippen LogP contribution in [0.5, 0.6) is 0 Å². The van der Waals surface area contributed by atoms with Crippen LogP contribution in [0.3, 0.4) is 0 Å². The van der Waals surface area contributed by atoms with Crippen molar-refractivity contribution < 1.29 is 13.2 Å². The van der Waals surface area contributed by atoms with Crippen molar-refractivity contribution in [1.29, 1.82) is 0 Å². The fraction of sp³-hybridized carbons (Fsp3) is 0.158. The van der Waals surface area contributed by atoms with E-state index >= 15 is 0 Å². The van der Waals surface area contributed by atoms with Gasteiger partial charge in [-0.05, 0) is 19.1 Å². The molecule has 1 heterocycles. The number of carbonyl (C=O) groups is 1. The highest BCUT2D eigenvalue weighted by atomic mass is 32.2. The van der Waals surface area contributed by atoms with Crippen molar-refractivity contribution in [2.24, 2.45) is 0 Å². The van der Waals surface area contributed by atoms with Crippen LogP contribution in [0.4, 0.5) is 5.13 Å². The quantitative estimate of drug-likeness (QED) is 0.635. The van der Waals surface area contributed by atoms with Crippen molar-refractivity contribution in [2.75, 3.05) is 11.9 Å². The maximum Gasteiger partial charge on any atom is 0.240 e. The Morgan fingerprint density at radius 3 is 2.48 bits per heavy atom. The molecule has 0 fully saturated rings.